The van der Waals surface area contributed by atoms with Crippen LogP contribution in [-0.2, 0) is 0 Å². The molecule has 0 spiro atoms. The van der Waals surface area contributed by atoms with Crippen LogP contribution in [0.4, 0.5) is 4.39 Å². The van der Waals surface area contributed by atoms with Crippen LogP contribution >= 0.6 is 11.8 Å². The van der Waals surface area contributed by atoms with Gasteiger partial charge in [0.05, 0.1) is 5.60 Å². The first-order chi connectivity index (χ1) is 10.6. The average Bonchev–Trinajstić information content (AvgIpc) is 3.15. The van der Waals surface area contributed by atoms with Crippen LogP contribution in [0.15, 0.2) is 36.5 Å². The molecule has 3 rings (SSSR count). The number of thioether (sulfide) groups is 1. The Morgan fingerprint density at radius 1 is 1.45 bits per heavy atom. The number of amides is 1. The smallest absolute Gasteiger partial charge is 0.271 e. The van der Waals surface area contributed by atoms with Gasteiger partial charge in [0.2, 0.25) is 0 Å². The van der Waals surface area contributed by atoms with E-state index in [1.54, 1.807) is 30.0 Å². The summed E-state index contributed by atoms with van der Waals surface area (Å²) in [5, 5.41) is 17.0. The third kappa shape index (κ3) is 3.15. The summed E-state index contributed by atoms with van der Waals surface area (Å²) in [5.41, 5.74) is -0.362. The van der Waals surface area contributed by atoms with Gasteiger partial charge in [-0.15, -0.1) is 0 Å². The minimum Gasteiger partial charge on any atom is -0.387 e. The fourth-order valence-electron chi connectivity index (χ4n) is 2.29. The normalized spacial score (nSPS) is 21.0. The summed E-state index contributed by atoms with van der Waals surface area (Å²) in [6.45, 7) is 0.200. The monoisotopic (exact) mass is 321 g/mol. The average molecular weight is 321 g/mol. The fraction of sp³-hybridized carbons (Fsp3) is 0.333. The third-order valence-corrected chi connectivity index (χ3v) is 4.82. The molecule has 0 aliphatic carbocycles. The van der Waals surface area contributed by atoms with E-state index in [4.69, 9.17) is 0 Å². The predicted octanol–water partition coefficient (Wildman–Crippen LogP) is 1.61. The Balaban J connectivity index is 1.68. The lowest BCUT2D eigenvalue weighted by molar-refractivity contribution is 0.0610. The molecule has 0 bridgehead atoms. The summed E-state index contributed by atoms with van der Waals surface area (Å²) in [6, 6.07) is 7.74. The standard InChI is InChI=1S/C15H16FN3O2S/c16-11-3-1-2-4-13(11)19-7-5-12(18-19)14(20)17-9-15(21)6-8-22-10-15/h1-5,7,21H,6,8-10H2,(H,17,20)/t15-/m1/s1. The molecule has 5 nitrogen and oxygen atoms in total. The van der Waals surface area contributed by atoms with Crippen molar-refractivity contribution < 1.29 is 14.3 Å². The summed E-state index contributed by atoms with van der Waals surface area (Å²) in [4.78, 5) is 12.1. The lowest BCUT2D eigenvalue weighted by atomic mass is 10.0. The Kier molecular flexibility index (Phi) is 4.17. The third-order valence-electron chi connectivity index (χ3n) is 3.58. The minimum absolute atomic E-state index is 0.192. The molecule has 1 saturated heterocycles. The van der Waals surface area contributed by atoms with Crippen molar-refractivity contribution >= 4 is 17.7 Å². The molecule has 1 fully saturated rings. The fourth-order valence-corrected chi connectivity index (χ4v) is 3.58. The van der Waals surface area contributed by atoms with Gasteiger partial charge in [0.1, 0.15) is 11.5 Å². The van der Waals surface area contributed by atoms with Crippen LogP contribution in [0.2, 0.25) is 0 Å². The van der Waals surface area contributed by atoms with Gasteiger partial charge in [-0.25, -0.2) is 9.07 Å². The number of aromatic nitrogens is 2. The molecule has 7 heteroatoms. The maximum Gasteiger partial charge on any atom is 0.271 e. The summed E-state index contributed by atoms with van der Waals surface area (Å²) < 4.78 is 15.0. The van der Waals surface area contributed by atoms with Crippen molar-refractivity contribution in [1.29, 1.82) is 0 Å². The van der Waals surface area contributed by atoms with E-state index >= 15 is 0 Å². The molecular weight excluding hydrogens is 305 g/mol. The highest BCUT2D eigenvalue weighted by atomic mass is 32.2. The van der Waals surface area contributed by atoms with Crippen molar-refractivity contribution in [1.82, 2.24) is 15.1 Å². The van der Waals surface area contributed by atoms with Crippen molar-refractivity contribution in [2.45, 2.75) is 12.0 Å². The summed E-state index contributed by atoms with van der Waals surface area (Å²) >= 11 is 1.67. The van der Waals surface area contributed by atoms with E-state index in [0.29, 0.717) is 12.2 Å². The van der Waals surface area contributed by atoms with Crippen LogP contribution in [0.3, 0.4) is 0 Å². The largest absolute Gasteiger partial charge is 0.387 e. The first kappa shape index (κ1) is 15.1. The second kappa shape index (κ2) is 6.10. The van der Waals surface area contributed by atoms with Gasteiger partial charge >= 0.3 is 0 Å². The van der Waals surface area contributed by atoms with E-state index < -0.39 is 11.4 Å². The molecule has 1 aliphatic rings. The number of carbonyl (C=O) groups excluding carboxylic acids is 1. The lowest BCUT2D eigenvalue weighted by Gasteiger charge is -2.21. The van der Waals surface area contributed by atoms with Crippen molar-refractivity contribution in [3.8, 4) is 5.69 Å². The number of hydrogen-bond acceptors (Lipinski definition) is 4. The second-order valence-corrected chi connectivity index (χ2v) is 6.41. The highest BCUT2D eigenvalue weighted by Crippen LogP contribution is 2.27. The van der Waals surface area contributed by atoms with Gasteiger partial charge in [-0.2, -0.15) is 16.9 Å². The van der Waals surface area contributed by atoms with E-state index in [0.717, 1.165) is 5.75 Å². The van der Waals surface area contributed by atoms with Crippen LogP contribution in [0.25, 0.3) is 5.69 Å². The van der Waals surface area contributed by atoms with E-state index in [1.165, 1.54) is 23.0 Å². The van der Waals surface area contributed by atoms with Gasteiger partial charge in [-0.3, -0.25) is 4.79 Å². The van der Waals surface area contributed by atoms with Gasteiger partial charge in [-0.05, 0) is 30.4 Å². The SMILES string of the molecule is O=C(NC[C@]1(O)CCSC1)c1ccn(-c2ccccc2F)n1. The molecule has 1 aromatic heterocycles. The maximum atomic E-state index is 13.7. The van der Waals surface area contributed by atoms with Gasteiger partial charge in [0.25, 0.3) is 5.91 Å². The van der Waals surface area contributed by atoms with Crippen molar-refractivity contribution in [2.24, 2.45) is 0 Å². The quantitative estimate of drug-likeness (QED) is 0.898. The number of benzene rings is 1. The van der Waals surface area contributed by atoms with Crippen molar-refractivity contribution in [3.05, 3.63) is 48.0 Å². The van der Waals surface area contributed by atoms with Gasteiger partial charge < -0.3 is 10.4 Å². The summed E-state index contributed by atoms with van der Waals surface area (Å²) in [7, 11) is 0. The molecule has 1 aromatic carbocycles. The molecule has 0 saturated carbocycles. The van der Waals surface area contributed by atoms with Gasteiger partial charge in [-0.1, -0.05) is 12.1 Å². The molecule has 22 heavy (non-hydrogen) atoms. The van der Waals surface area contributed by atoms with E-state index in [9.17, 15) is 14.3 Å². The molecule has 1 atom stereocenters. The molecule has 0 radical (unpaired) electrons. The molecule has 2 N–H and O–H groups in total. The lowest BCUT2D eigenvalue weighted by Crippen LogP contribution is -2.43. The van der Waals surface area contributed by atoms with Crippen molar-refractivity contribution in [3.63, 3.8) is 0 Å². The first-order valence-electron chi connectivity index (χ1n) is 6.96. The number of aliphatic hydroxyl groups is 1. The predicted molar refractivity (Wildman–Crippen MR) is 82.7 cm³/mol. The van der Waals surface area contributed by atoms with Crippen molar-refractivity contribution in [2.75, 3.05) is 18.1 Å². The van der Waals surface area contributed by atoms with Crippen LogP contribution in [0, 0.1) is 5.82 Å². The topological polar surface area (TPSA) is 67.2 Å². The van der Waals surface area contributed by atoms with Crippen LogP contribution in [0.5, 0.6) is 0 Å². The number of nitrogens with one attached hydrogen (secondary N) is 1. The van der Waals surface area contributed by atoms with E-state index in [2.05, 4.69) is 10.4 Å². The molecule has 2 aromatic rings. The number of para-hydroxylation sites is 1. The Hall–Kier alpha value is -1.86. The number of nitrogens with zero attached hydrogens (tertiary/aromatic N) is 2. The molecule has 0 unspecified atom stereocenters. The van der Waals surface area contributed by atoms with Crippen LogP contribution in [-0.4, -0.2) is 44.4 Å². The number of rotatable bonds is 4. The Labute approximate surface area is 131 Å². The zero-order valence-electron chi connectivity index (χ0n) is 11.8. The molecular formula is C15H16FN3O2S. The number of carbonyl (C=O) groups is 1. The minimum atomic E-state index is -0.839. The molecule has 1 amide bonds. The van der Waals surface area contributed by atoms with E-state index in [1.807, 2.05) is 0 Å². The Morgan fingerprint density at radius 3 is 3.00 bits per heavy atom. The van der Waals surface area contributed by atoms with Crippen LogP contribution < -0.4 is 5.32 Å². The summed E-state index contributed by atoms with van der Waals surface area (Å²) in [6.07, 6.45) is 2.20. The second-order valence-electron chi connectivity index (χ2n) is 5.31. The van der Waals surface area contributed by atoms with Gasteiger partial charge in [0.15, 0.2) is 5.69 Å². The zero-order valence-corrected chi connectivity index (χ0v) is 12.6. The molecule has 2 heterocycles. The molecule has 1 aliphatic heterocycles. The number of halogens is 1. The van der Waals surface area contributed by atoms with Gasteiger partial charge in [0, 0.05) is 18.5 Å². The Morgan fingerprint density at radius 2 is 2.27 bits per heavy atom. The van der Waals surface area contributed by atoms with E-state index in [-0.39, 0.29) is 23.8 Å². The number of hydrogen-bond donors (Lipinski definition) is 2. The highest BCUT2D eigenvalue weighted by Gasteiger charge is 2.32. The Bertz CT molecular complexity index is 683. The zero-order chi connectivity index (χ0) is 15.6. The highest BCUT2D eigenvalue weighted by molar-refractivity contribution is 7.99. The van der Waals surface area contributed by atoms with Crippen LogP contribution in [0.1, 0.15) is 16.9 Å². The summed E-state index contributed by atoms with van der Waals surface area (Å²) in [5.74, 6) is 0.737. The first-order valence-corrected chi connectivity index (χ1v) is 8.12. The maximum absolute atomic E-state index is 13.7. The molecule has 116 valence electrons.